The van der Waals surface area contributed by atoms with Gasteiger partial charge < -0.3 is 20.5 Å². The third-order valence-electron chi connectivity index (χ3n) is 4.92. The van der Waals surface area contributed by atoms with Crippen LogP contribution in [0.2, 0.25) is 0 Å². The monoisotopic (exact) mass is 327 g/mol. The topological polar surface area (TPSA) is 90.9 Å². The van der Waals surface area contributed by atoms with Gasteiger partial charge in [-0.25, -0.2) is 4.79 Å². The fourth-order valence-electron chi connectivity index (χ4n) is 3.42. The highest BCUT2D eigenvalue weighted by Gasteiger charge is 2.37. The minimum absolute atomic E-state index is 0.0116. The molecule has 0 aliphatic heterocycles. The summed E-state index contributed by atoms with van der Waals surface area (Å²) in [7, 11) is 1.69. The standard InChI is InChI=1S/C16H29N3O4/c1-4-19(9-14(20)21)13-7-12(8-13)18-16(22)17-10(2)15(23-3)11-5-6-11/h10-13,15H,4-9H2,1-3H3,(H,20,21)(H2,17,18,22). The van der Waals surface area contributed by atoms with E-state index in [-0.39, 0.29) is 36.8 Å². The van der Waals surface area contributed by atoms with Crippen molar-refractivity contribution in [3.05, 3.63) is 0 Å². The highest BCUT2D eigenvalue weighted by molar-refractivity contribution is 5.74. The predicted molar refractivity (Wildman–Crippen MR) is 86.3 cm³/mol. The molecule has 3 N–H and O–H groups in total. The van der Waals surface area contributed by atoms with Crippen molar-refractivity contribution in [2.24, 2.45) is 5.92 Å². The first-order valence-corrected chi connectivity index (χ1v) is 8.50. The van der Waals surface area contributed by atoms with Crippen LogP contribution in [0.3, 0.4) is 0 Å². The number of nitrogens with zero attached hydrogens (tertiary/aromatic N) is 1. The second-order valence-corrected chi connectivity index (χ2v) is 6.72. The van der Waals surface area contributed by atoms with Crippen molar-refractivity contribution >= 4 is 12.0 Å². The maximum atomic E-state index is 12.1. The van der Waals surface area contributed by atoms with Gasteiger partial charge in [0, 0.05) is 19.2 Å². The summed E-state index contributed by atoms with van der Waals surface area (Å²) in [6.07, 6.45) is 4.04. The Kier molecular flexibility index (Phi) is 6.24. The van der Waals surface area contributed by atoms with E-state index in [0.29, 0.717) is 12.5 Å². The highest BCUT2D eigenvalue weighted by atomic mass is 16.5. The number of hydrogen-bond donors (Lipinski definition) is 3. The number of carbonyl (C=O) groups is 2. The fraction of sp³-hybridized carbons (Fsp3) is 0.875. The van der Waals surface area contributed by atoms with Gasteiger partial charge in [0.1, 0.15) is 0 Å². The summed E-state index contributed by atoms with van der Waals surface area (Å²) in [5.74, 6) is -0.238. The number of carboxylic acids is 1. The van der Waals surface area contributed by atoms with E-state index in [4.69, 9.17) is 9.84 Å². The van der Waals surface area contributed by atoms with Crippen molar-refractivity contribution in [1.29, 1.82) is 0 Å². The Morgan fingerprint density at radius 1 is 1.35 bits per heavy atom. The first kappa shape index (κ1) is 18.0. The maximum Gasteiger partial charge on any atom is 0.317 e. The van der Waals surface area contributed by atoms with Crippen LogP contribution in [0.1, 0.15) is 39.5 Å². The number of aliphatic carboxylic acids is 1. The zero-order valence-corrected chi connectivity index (χ0v) is 14.2. The van der Waals surface area contributed by atoms with Crippen LogP contribution in [-0.4, -0.2) is 66.4 Å². The van der Waals surface area contributed by atoms with Crippen molar-refractivity contribution in [3.63, 3.8) is 0 Å². The SMILES string of the molecule is CCN(CC(=O)O)C1CC(NC(=O)NC(C)C(OC)C2CC2)C1. The van der Waals surface area contributed by atoms with Crippen molar-refractivity contribution in [3.8, 4) is 0 Å². The minimum atomic E-state index is -0.805. The number of carbonyl (C=O) groups excluding carboxylic acids is 1. The molecule has 0 bridgehead atoms. The molecule has 23 heavy (non-hydrogen) atoms. The van der Waals surface area contributed by atoms with Crippen LogP contribution in [0, 0.1) is 5.92 Å². The van der Waals surface area contributed by atoms with Crippen molar-refractivity contribution in [1.82, 2.24) is 15.5 Å². The molecule has 0 radical (unpaired) electrons. The minimum Gasteiger partial charge on any atom is -0.480 e. The van der Waals surface area contributed by atoms with Crippen molar-refractivity contribution in [2.75, 3.05) is 20.2 Å². The first-order chi connectivity index (χ1) is 10.9. The molecule has 0 aromatic heterocycles. The molecule has 0 heterocycles. The number of urea groups is 1. The van der Waals surface area contributed by atoms with Gasteiger partial charge in [0.05, 0.1) is 18.7 Å². The van der Waals surface area contributed by atoms with Gasteiger partial charge in [-0.05, 0) is 45.1 Å². The Labute approximate surface area is 137 Å². The Morgan fingerprint density at radius 2 is 2.00 bits per heavy atom. The molecule has 2 atom stereocenters. The summed E-state index contributed by atoms with van der Waals surface area (Å²) in [6.45, 7) is 4.71. The Bertz CT molecular complexity index is 422. The lowest BCUT2D eigenvalue weighted by Crippen LogP contribution is -2.57. The van der Waals surface area contributed by atoms with Gasteiger partial charge in [0.2, 0.25) is 0 Å². The summed E-state index contributed by atoms with van der Waals surface area (Å²) >= 11 is 0. The molecule has 2 saturated carbocycles. The maximum absolute atomic E-state index is 12.1. The van der Waals surface area contributed by atoms with Crippen LogP contribution in [0.5, 0.6) is 0 Å². The van der Waals surface area contributed by atoms with E-state index in [1.54, 1.807) is 7.11 Å². The van der Waals surface area contributed by atoms with E-state index in [2.05, 4.69) is 10.6 Å². The zero-order chi connectivity index (χ0) is 17.0. The second-order valence-electron chi connectivity index (χ2n) is 6.72. The summed E-state index contributed by atoms with van der Waals surface area (Å²) in [6, 6.07) is 0.196. The molecule has 2 unspecified atom stereocenters. The lowest BCUT2D eigenvalue weighted by Gasteiger charge is -2.42. The number of nitrogens with one attached hydrogen (secondary N) is 2. The molecule has 0 aromatic rings. The van der Waals surface area contributed by atoms with Crippen LogP contribution < -0.4 is 10.6 Å². The fourth-order valence-corrected chi connectivity index (χ4v) is 3.42. The van der Waals surface area contributed by atoms with E-state index in [1.165, 1.54) is 12.8 Å². The number of methoxy groups -OCH3 is 1. The van der Waals surface area contributed by atoms with Crippen molar-refractivity contribution in [2.45, 2.75) is 63.8 Å². The number of rotatable bonds is 9. The van der Waals surface area contributed by atoms with E-state index in [0.717, 1.165) is 12.8 Å². The van der Waals surface area contributed by atoms with Gasteiger partial charge in [0.15, 0.2) is 0 Å². The normalized spacial score (nSPS) is 26.3. The average molecular weight is 327 g/mol. The molecular weight excluding hydrogens is 298 g/mol. The molecule has 0 spiro atoms. The molecule has 2 aliphatic carbocycles. The molecule has 2 rings (SSSR count). The molecule has 0 saturated heterocycles. The van der Waals surface area contributed by atoms with E-state index in [1.807, 2.05) is 18.7 Å². The van der Waals surface area contributed by atoms with E-state index < -0.39 is 5.97 Å². The third-order valence-corrected chi connectivity index (χ3v) is 4.92. The van der Waals surface area contributed by atoms with Crippen LogP contribution >= 0.6 is 0 Å². The largest absolute Gasteiger partial charge is 0.480 e. The number of amides is 2. The highest BCUT2D eigenvalue weighted by Crippen LogP contribution is 2.35. The van der Waals surface area contributed by atoms with Gasteiger partial charge in [0.25, 0.3) is 0 Å². The van der Waals surface area contributed by atoms with Gasteiger partial charge in [-0.15, -0.1) is 0 Å². The van der Waals surface area contributed by atoms with Gasteiger partial charge in [-0.1, -0.05) is 6.92 Å². The lowest BCUT2D eigenvalue weighted by atomic mass is 9.85. The van der Waals surface area contributed by atoms with Gasteiger partial charge in [-0.2, -0.15) is 0 Å². The summed E-state index contributed by atoms with van der Waals surface area (Å²) in [5, 5.41) is 14.8. The smallest absolute Gasteiger partial charge is 0.317 e. The molecular formula is C16H29N3O4. The Balaban J connectivity index is 1.68. The number of ether oxygens (including phenoxy) is 1. The molecule has 132 valence electrons. The average Bonchev–Trinajstić information content (AvgIpc) is 3.25. The van der Waals surface area contributed by atoms with Gasteiger partial charge in [-0.3, -0.25) is 9.69 Å². The lowest BCUT2D eigenvalue weighted by molar-refractivity contribution is -0.139. The number of hydrogen-bond acceptors (Lipinski definition) is 4. The van der Waals surface area contributed by atoms with Crippen LogP contribution in [0.25, 0.3) is 0 Å². The molecule has 0 aromatic carbocycles. The van der Waals surface area contributed by atoms with Crippen LogP contribution in [-0.2, 0) is 9.53 Å². The van der Waals surface area contributed by atoms with Gasteiger partial charge >= 0.3 is 12.0 Å². The predicted octanol–water partition coefficient (Wildman–Crippen LogP) is 1.04. The third kappa shape index (κ3) is 5.07. The first-order valence-electron chi connectivity index (χ1n) is 8.50. The molecule has 2 fully saturated rings. The van der Waals surface area contributed by atoms with E-state index in [9.17, 15) is 9.59 Å². The van der Waals surface area contributed by atoms with E-state index >= 15 is 0 Å². The molecule has 7 nitrogen and oxygen atoms in total. The quantitative estimate of drug-likeness (QED) is 0.588. The molecule has 2 amide bonds. The molecule has 2 aliphatic rings. The second kappa shape index (κ2) is 7.97. The molecule has 7 heteroatoms. The Morgan fingerprint density at radius 3 is 2.48 bits per heavy atom. The Hall–Kier alpha value is -1.34. The summed E-state index contributed by atoms with van der Waals surface area (Å²) < 4.78 is 5.48. The summed E-state index contributed by atoms with van der Waals surface area (Å²) in [5.41, 5.74) is 0. The van der Waals surface area contributed by atoms with Crippen LogP contribution in [0.4, 0.5) is 4.79 Å². The van der Waals surface area contributed by atoms with Crippen LogP contribution in [0.15, 0.2) is 0 Å². The summed E-state index contributed by atoms with van der Waals surface area (Å²) in [4.78, 5) is 24.8. The number of likely N-dealkylation sites (N-methyl/N-ethyl adjacent to an activating group) is 1. The zero-order valence-electron chi connectivity index (χ0n) is 14.2. The van der Waals surface area contributed by atoms with Crippen molar-refractivity contribution < 1.29 is 19.4 Å². The number of carboxylic acid groups (broad SMARTS) is 1.